The molecule has 19 heavy (non-hydrogen) atoms. The van der Waals surface area contributed by atoms with Gasteiger partial charge < -0.3 is 14.6 Å². The number of aliphatic hydroxyl groups excluding tert-OH is 1. The van der Waals surface area contributed by atoms with Crippen molar-refractivity contribution in [3.63, 3.8) is 0 Å². The van der Waals surface area contributed by atoms with Crippen LogP contribution in [0, 0.1) is 6.92 Å². The van der Waals surface area contributed by atoms with E-state index in [0.29, 0.717) is 12.2 Å². The second kappa shape index (κ2) is 4.90. The average molecular weight is 257 g/mol. The van der Waals surface area contributed by atoms with Crippen LogP contribution in [0.2, 0.25) is 0 Å². The minimum Gasteiger partial charge on any atom is -0.454 e. The van der Waals surface area contributed by atoms with Crippen molar-refractivity contribution in [2.75, 3.05) is 6.79 Å². The number of aliphatic hydroxyl groups is 1. The van der Waals surface area contributed by atoms with Crippen molar-refractivity contribution in [2.45, 2.75) is 19.4 Å². The molecule has 0 saturated heterocycles. The van der Waals surface area contributed by atoms with Crippen molar-refractivity contribution in [3.05, 3.63) is 53.3 Å². The lowest BCUT2D eigenvalue weighted by Crippen LogP contribution is -2.04. The van der Waals surface area contributed by atoms with Gasteiger partial charge in [-0.25, -0.2) is 0 Å². The van der Waals surface area contributed by atoms with Crippen LogP contribution in [0.25, 0.3) is 0 Å². The van der Waals surface area contributed by atoms with Crippen molar-refractivity contribution in [2.24, 2.45) is 0 Å². The van der Waals surface area contributed by atoms with Gasteiger partial charge in [0.05, 0.1) is 6.10 Å². The van der Waals surface area contributed by atoms with Crippen LogP contribution in [0.5, 0.6) is 11.5 Å². The van der Waals surface area contributed by atoms with E-state index in [0.717, 1.165) is 22.6 Å². The Hall–Kier alpha value is -2.07. The fourth-order valence-electron chi connectivity index (χ4n) is 2.15. The summed E-state index contributed by atoms with van der Waals surface area (Å²) in [6.07, 6.45) is 1.64. The van der Waals surface area contributed by atoms with Crippen LogP contribution in [0.4, 0.5) is 0 Å². The van der Waals surface area contributed by atoms with Crippen molar-refractivity contribution in [3.8, 4) is 11.5 Å². The van der Waals surface area contributed by atoms with E-state index in [1.807, 2.05) is 37.3 Å². The summed E-state index contributed by atoms with van der Waals surface area (Å²) in [6.45, 7) is 2.24. The van der Waals surface area contributed by atoms with Gasteiger partial charge in [-0.1, -0.05) is 12.1 Å². The lowest BCUT2D eigenvalue weighted by molar-refractivity contribution is 0.171. The van der Waals surface area contributed by atoms with Gasteiger partial charge in [0.2, 0.25) is 6.79 Å². The number of ether oxygens (including phenoxy) is 2. The monoisotopic (exact) mass is 257 g/mol. The standard InChI is InChI=1S/C15H15NO3/c1-10-3-2-6-16-12(10)8-13(17)11-4-5-14-15(7-11)19-9-18-14/h2-7,13,17H,8-9H2,1H3. The predicted octanol–water partition coefficient (Wildman–Crippen LogP) is 2.39. The molecule has 0 spiro atoms. The summed E-state index contributed by atoms with van der Waals surface area (Å²) in [7, 11) is 0. The summed E-state index contributed by atoms with van der Waals surface area (Å²) in [4.78, 5) is 4.30. The van der Waals surface area contributed by atoms with Gasteiger partial charge in [0, 0.05) is 18.3 Å². The number of nitrogens with zero attached hydrogens (tertiary/aromatic N) is 1. The molecule has 0 radical (unpaired) electrons. The molecular weight excluding hydrogens is 242 g/mol. The smallest absolute Gasteiger partial charge is 0.231 e. The summed E-state index contributed by atoms with van der Waals surface area (Å²) < 4.78 is 10.6. The first-order chi connectivity index (χ1) is 9.24. The molecule has 1 aliphatic heterocycles. The molecule has 1 aromatic heterocycles. The molecule has 2 heterocycles. The normalized spacial score (nSPS) is 14.4. The summed E-state index contributed by atoms with van der Waals surface area (Å²) in [5.74, 6) is 1.42. The Labute approximate surface area is 111 Å². The molecule has 98 valence electrons. The lowest BCUT2D eigenvalue weighted by atomic mass is 10.0. The van der Waals surface area contributed by atoms with Crippen LogP contribution in [0.3, 0.4) is 0 Å². The van der Waals surface area contributed by atoms with Gasteiger partial charge in [-0.05, 0) is 36.2 Å². The van der Waals surface area contributed by atoms with Crippen molar-refractivity contribution in [1.29, 1.82) is 0 Å². The molecule has 2 aromatic rings. The quantitative estimate of drug-likeness (QED) is 0.917. The molecule has 1 N–H and O–H groups in total. The highest BCUT2D eigenvalue weighted by atomic mass is 16.7. The van der Waals surface area contributed by atoms with Gasteiger partial charge >= 0.3 is 0 Å². The van der Waals surface area contributed by atoms with Gasteiger partial charge in [0.15, 0.2) is 11.5 Å². The summed E-state index contributed by atoms with van der Waals surface area (Å²) >= 11 is 0. The highest BCUT2D eigenvalue weighted by Gasteiger charge is 2.17. The zero-order valence-corrected chi connectivity index (χ0v) is 10.7. The number of hydrogen-bond donors (Lipinski definition) is 1. The molecule has 0 saturated carbocycles. The van der Waals surface area contributed by atoms with E-state index in [1.165, 1.54) is 0 Å². The molecule has 0 bridgehead atoms. The molecule has 3 rings (SSSR count). The first kappa shape index (κ1) is 12.0. The largest absolute Gasteiger partial charge is 0.454 e. The van der Waals surface area contributed by atoms with E-state index >= 15 is 0 Å². The average Bonchev–Trinajstić information content (AvgIpc) is 2.88. The Morgan fingerprint density at radius 2 is 2.11 bits per heavy atom. The number of rotatable bonds is 3. The number of pyridine rings is 1. The molecule has 4 nitrogen and oxygen atoms in total. The van der Waals surface area contributed by atoms with Crippen LogP contribution >= 0.6 is 0 Å². The molecule has 4 heteroatoms. The molecule has 1 atom stereocenters. The minimum atomic E-state index is -0.594. The van der Waals surface area contributed by atoms with Crippen LogP contribution < -0.4 is 9.47 Å². The lowest BCUT2D eigenvalue weighted by Gasteiger charge is -2.12. The van der Waals surface area contributed by atoms with Crippen LogP contribution in [0.15, 0.2) is 36.5 Å². The SMILES string of the molecule is Cc1cccnc1CC(O)c1ccc2c(c1)OCO2. The number of hydrogen-bond acceptors (Lipinski definition) is 4. The van der Waals surface area contributed by atoms with E-state index < -0.39 is 6.10 Å². The van der Waals surface area contributed by atoms with Crippen LogP contribution in [-0.4, -0.2) is 16.9 Å². The molecule has 0 fully saturated rings. The van der Waals surface area contributed by atoms with Gasteiger partial charge in [-0.2, -0.15) is 0 Å². The highest BCUT2D eigenvalue weighted by molar-refractivity contribution is 5.45. The summed E-state index contributed by atoms with van der Waals surface area (Å²) in [5, 5.41) is 10.3. The minimum absolute atomic E-state index is 0.244. The fourth-order valence-corrected chi connectivity index (χ4v) is 2.15. The zero-order chi connectivity index (χ0) is 13.2. The number of aryl methyl sites for hydroxylation is 1. The second-order valence-corrected chi connectivity index (χ2v) is 4.60. The first-order valence-corrected chi connectivity index (χ1v) is 6.22. The Kier molecular flexibility index (Phi) is 3.09. The van der Waals surface area contributed by atoms with E-state index in [1.54, 1.807) is 6.20 Å². The van der Waals surface area contributed by atoms with Crippen LogP contribution in [-0.2, 0) is 6.42 Å². The third-order valence-corrected chi connectivity index (χ3v) is 3.29. The fraction of sp³-hybridized carbons (Fsp3) is 0.267. The molecule has 1 unspecified atom stereocenters. The maximum absolute atomic E-state index is 10.3. The van der Waals surface area contributed by atoms with Gasteiger partial charge in [0.1, 0.15) is 0 Å². The third-order valence-electron chi connectivity index (χ3n) is 3.29. The van der Waals surface area contributed by atoms with Crippen molar-refractivity contribution < 1.29 is 14.6 Å². The van der Waals surface area contributed by atoms with Gasteiger partial charge in [-0.3, -0.25) is 4.98 Å². The Morgan fingerprint density at radius 1 is 1.26 bits per heavy atom. The Balaban J connectivity index is 1.81. The predicted molar refractivity (Wildman–Crippen MR) is 70.2 cm³/mol. The maximum Gasteiger partial charge on any atom is 0.231 e. The van der Waals surface area contributed by atoms with Gasteiger partial charge in [0.25, 0.3) is 0 Å². The number of aromatic nitrogens is 1. The molecule has 1 aromatic carbocycles. The summed E-state index contributed by atoms with van der Waals surface area (Å²) in [5.41, 5.74) is 2.81. The first-order valence-electron chi connectivity index (χ1n) is 6.22. The Morgan fingerprint density at radius 3 is 2.95 bits per heavy atom. The molecular formula is C15H15NO3. The molecule has 0 aliphatic carbocycles. The van der Waals surface area contributed by atoms with E-state index in [2.05, 4.69) is 4.98 Å². The van der Waals surface area contributed by atoms with E-state index in [4.69, 9.17) is 9.47 Å². The maximum atomic E-state index is 10.3. The van der Waals surface area contributed by atoms with Gasteiger partial charge in [-0.15, -0.1) is 0 Å². The van der Waals surface area contributed by atoms with Crippen LogP contribution in [0.1, 0.15) is 22.9 Å². The van der Waals surface area contributed by atoms with E-state index in [-0.39, 0.29) is 6.79 Å². The molecule has 0 amide bonds. The second-order valence-electron chi connectivity index (χ2n) is 4.60. The zero-order valence-electron chi connectivity index (χ0n) is 10.7. The molecule has 1 aliphatic rings. The third kappa shape index (κ3) is 2.39. The highest BCUT2D eigenvalue weighted by Crippen LogP contribution is 2.34. The van der Waals surface area contributed by atoms with Crippen molar-refractivity contribution in [1.82, 2.24) is 4.98 Å². The Bertz CT molecular complexity index is 598. The summed E-state index contributed by atoms with van der Waals surface area (Å²) in [6, 6.07) is 9.40. The van der Waals surface area contributed by atoms with E-state index in [9.17, 15) is 5.11 Å². The topological polar surface area (TPSA) is 51.6 Å². The number of benzene rings is 1. The number of fused-ring (bicyclic) bond motifs is 1. The van der Waals surface area contributed by atoms with Crippen molar-refractivity contribution >= 4 is 0 Å².